The van der Waals surface area contributed by atoms with E-state index >= 15 is 0 Å². The summed E-state index contributed by atoms with van der Waals surface area (Å²) in [6, 6.07) is 0.159. The number of ether oxygens (including phenoxy) is 1. The fourth-order valence-electron chi connectivity index (χ4n) is 1.47. The Labute approximate surface area is 95.5 Å². The lowest BCUT2D eigenvalue weighted by Gasteiger charge is -2.31. The predicted molar refractivity (Wildman–Crippen MR) is 63.0 cm³/mol. The standard InChI is InChI=1S/C10H20N2O2S/c1-8(11)6-15-7-10(13)12-3-4-14-9(2)5-12/h8-9H,3-7,11H2,1-2H3. The molecule has 0 bridgehead atoms. The van der Waals surface area contributed by atoms with Crippen LogP contribution < -0.4 is 5.73 Å². The van der Waals surface area contributed by atoms with Crippen LogP contribution in [-0.4, -0.2) is 54.2 Å². The number of hydrogen-bond donors (Lipinski definition) is 1. The molecule has 0 aliphatic carbocycles. The lowest BCUT2D eigenvalue weighted by molar-refractivity contribution is -0.135. The summed E-state index contributed by atoms with van der Waals surface area (Å²) >= 11 is 1.61. The number of nitrogens with two attached hydrogens (primary N) is 1. The van der Waals surface area contributed by atoms with Crippen LogP contribution in [0.3, 0.4) is 0 Å². The number of carbonyl (C=O) groups is 1. The summed E-state index contributed by atoms with van der Waals surface area (Å²) in [6.45, 7) is 6.05. The molecule has 4 nitrogen and oxygen atoms in total. The first-order chi connectivity index (χ1) is 7.09. The lowest BCUT2D eigenvalue weighted by atomic mass is 10.3. The first-order valence-corrected chi connectivity index (χ1v) is 6.47. The van der Waals surface area contributed by atoms with Crippen LogP contribution in [-0.2, 0) is 9.53 Å². The lowest BCUT2D eigenvalue weighted by Crippen LogP contribution is -2.45. The number of hydrogen-bond acceptors (Lipinski definition) is 4. The summed E-state index contributed by atoms with van der Waals surface area (Å²) in [5.41, 5.74) is 5.61. The average Bonchev–Trinajstić information content (AvgIpc) is 2.17. The molecule has 1 saturated heterocycles. The molecule has 2 unspecified atom stereocenters. The molecule has 5 heteroatoms. The van der Waals surface area contributed by atoms with E-state index in [2.05, 4.69) is 0 Å². The summed E-state index contributed by atoms with van der Waals surface area (Å²) in [5, 5.41) is 0. The Morgan fingerprint density at radius 1 is 1.73 bits per heavy atom. The minimum absolute atomic E-state index is 0.159. The number of amides is 1. The molecule has 1 aliphatic rings. The molecule has 0 aromatic carbocycles. The Hall–Kier alpha value is -0.260. The molecule has 1 amide bonds. The third-order valence-electron chi connectivity index (χ3n) is 2.20. The fraction of sp³-hybridized carbons (Fsp3) is 0.900. The zero-order valence-electron chi connectivity index (χ0n) is 9.44. The van der Waals surface area contributed by atoms with Crippen molar-refractivity contribution in [1.82, 2.24) is 4.90 Å². The normalized spacial score (nSPS) is 23.9. The van der Waals surface area contributed by atoms with E-state index in [1.54, 1.807) is 11.8 Å². The highest BCUT2D eigenvalue weighted by Crippen LogP contribution is 2.08. The summed E-state index contributed by atoms with van der Waals surface area (Å²) < 4.78 is 5.38. The highest BCUT2D eigenvalue weighted by atomic mass is 32.2. The van der Waals surface area contributed by atoms with Crippen molar-refractivity contribution < 1.29 is 9.53 Å². The van der Waals surface area contributed by atoms with Gasteiger partial charge in [0, 0.05) is 24.9 Å². The molecule has 1 rings (SSSR count). The fourth-order valence-corrected chi connectivity index (χ4v) is 2.32. The van der Waals surface area contributed by atoms with Crippen molar-refractivity contribution in [2.24, 2.45) is 5.73 Å². The molecular formula is C10H20N2O2S. The summed E-state index contributed by atoms with van der Waals surface area (Å²) in [7, 11) is 0. The van der Waals surface area contributed by atoms with Crippen molar-refractivity contribution in [2.45, 2.75) is 26.0 Å². The molecule has 2 atom stereocenters. The van der Waals surface area contributed by atoms with Crippen LogP contribution in [0.1, 0.15) is 13.8 Å². The molecule has 2 N–H and O–H groups in total. The smallest absolute Gasteiger partial charge is 0.232 e. The number of carbonyl (C=O) groups excluding carboxylic acids is 1. The van der Waals surface area contributed by atoms with Crippen LogP contribution in [0.2, 0.25) is 0 Å². The molecule has 0 aromatic heterocycles. The second-order valence-electron chi connectivity index (χ2n) is 4.01. The third kappa shape index (κ3) is 4.86. The van der Waals surface area contributed by atoms with Gasteiger partial charge in [-0.3, -0.25) is 4.79 Å². The highest BCUT2D eigenvalue weighted by molar-refractivity contribution is 7.99. The molecule has 0 radical (unpaired) electrons. The van der Waals surface area contributed by atoms with Crippen LogP contribution in [0, 0.1) is 0 Å². The van der Waals surface area contributed by atoms with Crippen molar-refractivity contribution in [3.63, 3.8) is 0 Å². The van der Waals surface area contributed by atoms with E-state index in [4.69, 9.17) is 10.5 Å². The van der Waals surface area contributed by atoms with Gasteiger partial charge in [-0.15, -0.1) is 0 Å². The number of nitrogens with zero attached hydrogens (tertiary/aromatic N) is 1. The van der Waals surface area contributed by atoms with Crippen LogP contribution >= 0.6 is 11.8 Å². The number of morpholine rings is 1. The average molecular weight is 232 g/mol. The van der Waals surface area contributed by atoms with Crippen LogP contribution in [0.5, 0.6) is 0 Å². The molecule has 88 valence electrons. The van der Waals surface area contributed by atoms with Crippen LogP contribution in [0.25, 0.3) is 0 Å². The van der Waals surface area contributed by atoms with E-state index in [1.165, 1.54) is 0 Å². The number of rotatable bonds is 4. The van der Waals surface area contributed by atoms with Crippen molar-refractivity contribution in [3.05, 3.63) is 0 Å². The van der Waals surface area contributed by atoms with E-state index in [9.17, 15) is 4.79 Å². The Balaban J connectivity index is 2.21. The minimum Gasteiger partial charge on any atom is -0.375 e. The van der Waals surface area contributed by atoms with E-state index < -0.39 is 0 Å². The van der Waals surface area contributed by atoms with Crippen molar-refractivity contribution in [3.8, 4) is 0 Å². The Kier molecular flexibility index (Phi) is 5.42. The van der Waals surface area contributed by atoms with E-state index in [-0.39, 0.29) is 18.1 Å². The topological polar surface area (TPSA) is 55.6 Å². The summed E-state index contributed by atoms with van der Waals surface area (Å²) in [4.78, 5) is 13.6. The molecule has 0 spiro atoms. The third-order valence-corrected chi connectivity index (χ3v) is 3.41. The summed E-state index contributed by atoms with van der Waals surface area (Å²) in [6.07, 6.45) is 0.168. The van der Waals surface area contributed by atoms with Crippen LogP contribution in [0.4, 0.5) is 0 Å². The zero-order chi connectivity index (χ0) is 11.3. The Morgan fingerprint density at radius 3 is 3.07 bits per heavy atom. The molecule has 1 aliphatic heterocycles. The minimum atomic E-state index is 0.159. The van der Waals surface area contributed by atoms with Gasteiger partial charge in [0.15, 0.2) is 0 Å². The van der Waals surface area contributed by atoms with Gasteiger partial charge in [-0.1, -0.05) is 0 Å². The van der Waals surface area contributed by atoms with Gasteiger partial charge in [-0.25, -0.2) is 0 Å². The molecule has 0 aromatic rings. The molecule has 1 heterocycles. The van der Waals surface area contributed by atoms with E-state index in [0.29, 0.717) is 12.4 Å². The van der Waals surface area contributed by atoms with Gasteiger partial charge in [-0.2, -0.15) is 11.8 Å². The highest BCUT2D eigenvalue weighted by Gasteiger charge is 2.20. The molecule has 15 heavy (non-hydrogen) atoms. The van der Waals surface area contributed by atoms with Gasteiger partial charge in [0.25, 0.3) is 0 Å². The van der Waals surface area contributed by atoms with Gasteiger partial charge < -0.3 is 15.4 Å². The predicted octanol–water partition coefficient (Wildman–Crippen LogP) is 0.314. The molecule has 0 saturated carbocycles. The SMILES string of the molecule is CC(N)CSCC(=O)N1CCOC(C)C1. The number of thioether (sulfide) groups is 1. The van der Waals surface area contributed by atoms with Crippen LogP contribution in [0.15, 0.2) is 0 Å². The van der Waals surface area contributed by atoms with Gasteiger partial charge in [-0.05, 0) is 13.8 Å². The van der Waals surface area contributed by atoms with Gasteiger partial charge >= 0.3 is 0 Å². The molecular weight excluding hydrogens is 212 g/mol. The van der Waals surface area contributed by atoms with Gasteiger partial charge in [0.05, 0.1) is 18.5 Å². The van der Waals surface area contributed by atoms with E-state index in [0.717, 1.165) is 18.8 Å². The Morgan fingerprint density at radius 2 is 2.47 bits per heavy atom. The summed E-state index contributed by atoms with van der Waals surface area (Å²) in [5.74, 6) is 1.58. The van der Waals surface area contributed by atoms with E-state index in [1.807, 2.05) is 18.7 Å². The van der Waals surface area contributed by atoms with Crippen molar-refractivity contribution >= 4 is 17.7 Å². The maximum absolute atomic E-state index is 11.7. The van der Waals surface area contributed by atoms with Crippen molar-refractivity contribution in [1.29, 1.82) is 0 Å². The maximum atomic E-state index is 11.7. The van der Waals surface area contributed by atoms with Crippen molar-refractivity contribution in [2.75, 3.05) is 31.2 Å². The monoisotopic (exact) mass is 232 g/mol. The van der Waals surface area contributed by atoms with Gasteiger partial charge in [0.2, 0.25) is 5.91 Å². The first-order valence-electron chi connectivity index (χ1n) is 5.32. The quantitative estimate of drug-likeness (QED) is 0.758. The van der Waals surface area contributed by atoms with Gasteiger partial charge in [0.1, 0.15) is 0 Å². The first kappa shape index (κ1) is 12.8. The largest absolute Gasteiger partial charge is 0.375 e. The zero-order valence-corrected chi connectivity index (χ0v) is 10.3. The molecule has 1 fully saturated rings. The second kappa shape index (κ2) is 6.35. The Bertz CT molecular complexity index is 212. The second-order valence-corrected chi connectivity index (χ2v) is 5.04. The maximum Gasteiger partial charge on any atom is 0.232 e.